The number of rotatable bonds is 7. The van der Waals surface area contributed by atoms with Gasteiger partial charge in [-0.25, -0.2) is 8.42 Å². The van der Waals surface area contributed by atoms with Gasteiger partial charge in [-0.2, -0.15) is 4.31 Å². The lowest BCUT2D eigenvalue weighted by molar-refractivity contribution is 0.373. The summed E-state index contributed by atoms with van der Waals surface area (Å²) in [6.07, 6.45) is 1.79. The number of para-hydroxylation sites is 1. The number of hydrogen-bond donors (Lipinski definition) is 0. The fraction of sp³-hybridized carbons (Fsp3) is 0.467. The van der Waals surface area contributed by atoms with Gasteiger partial charge in [-0.15, -0.1) is 0 Å². The molecule has 6 heteroatoms. The Balaban J connectivity index is 2.06. The molecule has 2 rings (SSSR count). The van der Waals surface area contributed by atoms with E-state index in [1.807, 2.05) is 32.3 Å². The van der Waals surface area contributed by atoms with Crippen molar-refractivity contribution < 1.29 is 12.8 Å². The first-order valence-corrected chi connectivity index (χ1v) is 8.45. The van der Waals surface area contributed by atoms with E-state index in [2.05, 4.69) is 4.90 Å². The quantitative estimate of drug-likeness (QED) is 0.737. The van der Waals surface area contributed by atoms with Gasteiger partial charge in [0.25, 0.3) is 10.0 Å². The van der Waals surface area contributed by atoms with Crippen LogP contribution >= 0.6 is 0 Å². The zero-order valence-corrected chi connectivity index (χ0v) is 13.6. The number of unbranched alkanes of at least 4 members (excludes halogenated alkanes) is 1. The Morgan fingerprint density at radius 3 is 2.38 bits per heavy atom. The van der Waals surface area contributed by atoms with Gasteiger partial charge in [0.05, 0.1) is 0 Å². The molecule has 0 amide bonds. The lowest BCUT2D eigenvalue weighted by Crippen LogP contribution is -2.28. The highest BCUT2D eigenvalue weighted by Crippen LogP contribution is 2.24. The highest BCUT2D eigenvalue weighted by molar-refractivity contribution is 7.89. The molecule has 0 saturated heterocycles. The second kappa shape index (κ2) is 6.60. The van der Waals surface area contributed by atoms with E-state index < -0.39 is 10.0 Å². The molecule has 21 heavy (non-hydrogen) atoms. The number of nitrogens with zero attached hydrogens (tertiary/aromatic N) is 2. The second-order valence-electron chi connectivity index (χ2n) is 5.44. The van der Waals surface area contributed by atoms with Gasteiger partial charge < -0.3 is 9.32 Å². The average Bonchev–Trinajstić information content (AvgIpc) is 2.87. The molecule has 0 N–H and O–H groups in total. The van der Waals surface area contributed by atoms with Crippen molar-refractivity contribution in [1.29, 1.82) is 0 Å². The van der Waals surface area contributed by atoms with E-state index in [0.29, 0.717) is 12.1 Å². The highest BCUT2D eigenvalue weighted by Gasteiger charge is 2.24. The Morgan fingerprint density at radius 2 is 1.71 bits per heavy atom. The van der Waals surface area contributed by atoms with Crippen LogP contribution in [0.5, 0.6) is 0 Å². The van der Waals surface area contributed by atoms with Crippen molar-refractivity contribution in [2.45, 2.75) is 17.9 Å². The minimum Gasteiger partial charge on any atom is -0.443 e. The number of sulfonamides is 1. The van der Waals surface area contributed by atoms with Crippen LogP contribution in [0.25, 0.3) is 11.0 Å². The zero-order valence-electron chi connectivity index (χ0n) is 12.7. The topological polar surface area (TPSA) is 53.8 Å². The number of hydrogen-bond acceptors (Lipinski definition) is 4. The Hall–Kier alpha value is -1.37. The standard InChI is InChI=1S/C15H22N2O3S/c1-16(2)10-6-7-11-17(3)21(18,19)15-12-13-8-4-5-9-14(13)20-15/h4-5,8-9,12H,6-7,10-11H2,1-3H3. The average molecular weight is 310 g/mol. The molecule has 0 aliphatic heterocycles. The molecule has 0 aliphatic carbocycles. The minimum absolute atomic E-state index is 0.0128. The van der Waals surface area contributed by atoms with Gasteiger partial charge in [0.2, 0.25) is 5.09 Å². The first-order valence-electron chi connectivity index (χ1n) is 7.01. The number of benzene rings is 1. The maximum absolute atomic E-state index is 12.5. The molecule has 0 radical (unpaired) electrons. The molecule has 0 unspecified atom stereocenters. The van der Waals surface area contributed by atoms with Crippen molar-refractivity contribution in [3.63, 3.8) is 0 Å². The van der Waals surface area contributed by atoms with E-state index >= 15 is 0 Å². The predicted octanol–water partition coefficient (Wildman–Crippen LogP) is 2.40. The van der Waals surface area contributed by atoms with Crippen LogP contribution in [-0.4, -0.2) is 51.9 Å². The van der Waals surface area contributed by atoms with Gasteiger partial charge >= 0.3 is 0 Å². The summed E-state index contributed by atoms with van der Waals surface area (Å²) in [5.41, 5.74) is 0.595. The van der Waals surface area contributed by atoms with E-state index in [1.165, 1.54) is 4.31 Å². The predicted molar refractivity (Wildman–Crippen MR) is 83.8 cm³/mol. The van der Waals surface area contributed by atoms with Crippen LogP contribution in [0.4, 0.5) is 0 Å². The van der Waals surface area contributed by atoms with E-state index in [0.717, 1.165) is 24.8 Å². The second-order valence-corrected chi connectivity index (χ2v) is 7.42. The summed E-state index contributed by atoms with van der Waals surface area (Å²) in [5.74, 6) is 0. The monoisotopic (exact) mass is 310 g/mol. The minimum atomic E-state index is -3.55. The molecule has 0 atom stereocenters. The van der Waals surface area contributed by atoms with Crippen molar-refractivity contribution >= 4 is 21.0 Å². The van der Waals surface area contributed by atoms with Crippen LogP contribution in [0.3, 0.4) is 0 Å². The third-order valence-electron chi connectivity index (χ3n) is 3.40. The Bertz CT molecular complexity index is 659. The van der Waals surface area contributed by atoms with Gasteiger partial charge in [0.1, 0.15) is 5.58 Å². The highest BCUT2D eigenvalue weighted by atomic mass is 32.2. The number of furan rings is 1. The van der Waals surface area contributed by atoms with Crippen molar-refractivity contribution in [2.24, 2.45) is 0 Å². The van der Waals surface area contributed by atoms with E-state index in [9.17, 15) is 8.42 Å². The van der Waals surface area contributed by atoms with E-state index in [4.69, 9.17) is 4.42 Å². The first kappa shape index (κ1) is 16.0. The summed E-state index contributed by atoms with van der Waals surface area (Å²) in [6, 6.07) is 8.88. The third kappa shape index (κ3) is 3.84. The molecule has 1 aromatic heterocycles. The number of fused-ring (bicyclic) bond motifs is 1. The van der Waals surface area contributed by atoms with Crippen molar-refractivity contribution in [1.82, 2.24) is 9.21 Å². The summed E-state index contributed by atoms with van der Waals surface area (Å²) in [6.45, 7) is 1.45. The molecule has 0 spiro atoms. The Morgan fingerprint density at radius 1 is 1.05 bits per heavy atom. The molecule has 116 valence electrons. The molecule has 1 aromatic carbocycles. The van der Waals surface area contributed by atoms with Crippen LogP contribution in [0.1, 0.15) is 12.8 Å². The fourth-order valence-electron chi connectivity index (χ4n) is 2.12. The van der Waals surface area contributed by atoms with Crippen LogP contribution in [-0.2, 0) is 10.0 Å². The Kier molecular flexibility index (Phi) is 5.03. The summed E-state index contributed by atoms with van der Waals surface area (Å²) < 4.78 is 31.7. The maximum Gasteiger partial charge on any atom is 0.276 e. The van der Waals surface area contributed by atoms with Crippen LogP contribution in [0.2, 0.25) is 0 Å². The van der Waals surface area contributed by atoms with Gasteiger partial charge in [-0.3, -0.25) is 0 Å². The molecule has 2 aromatic rings. The largest absolute Gasteiger partial charge is 0.443 e. The first-order chi connectivity index (χ1) is 9.91. The molecular weight excluding hydrogens is 288 g/mol. The van der Waals surface area contributed by atoms with Crippen molar-refractivity contribution in [2.75, 3.05) is 34.2 Å². The van der Waals surface area contributed by atoms with Gasteiger partial charge in [0.15, 0.2) is 0 Å². The molecule has 0 fully saturated rings. The Labute approximate surface area is 126 Å². The summed E-state index contributed by atoms with van der Waals surface area (Å²) in [4.78, 5) is 2.09. The van der Waals surface area contributed by atoms with Crippen molar-refractivity contribution in [3.8, 4) is 0 Å². The third-order valence-corrected chi connectivity index (χ3v) is 5.11. The fourth-order valence-corrected chi connectivity index (χ4v) is 3.27. The lowest BCUT2D eigenvalue weighted by Gasteiger charge is -2.16. The zero-order chi connectivity index (χ0) is 15.5. The van der Waals surface area contributed by atoms with Gasteiger partial charge in [0, 0.05) is 25.0 Å². The maximum atomic E-state index is 12.5. The summed E-state index contributed by atoms with van der Waals surface area (Å²) in [5, 5.41) is 0.816. The summed E-state index contributed by atoms with van der Waals surface area (Å²) in [7, 11) is 2.06. The van der Waals surface area contributed by atoms with Gasteiger partial charge in [-0.1, -0.05) is 18.2 Å². The molecule has 1 heterocycles. The molecule has 0 aliphatic rings. The van der Waals surface area contributed by atoms with Crippen molar-refractivity contribution in [3.05, 3.63) is 30.3 Å². The summed E-state index contributed by atoms with van der Waals surface area (Å²) >= 11 is 0. The van der Waals surface area contributed by atoms with Crippen LogP contribution < -0.4 is 0 Å². The molecule has 0 saturated carbocycles. The normalized spacial score (nSPS) is 12.6. The molecule has 5 nitrogen and oxygen atoms in total. The van der Waals surface area contributed by atoms with Gasteiger partial charge in [-0.05, 0) is 39.5 Å². The van der Waals surface area contributed by atoms with Crippen LogP contribution in [0.15, 0.2) is 39.8 Å². The van der Waals surface area contributed by atoms with Crippen LogP contribution in [0, 0.1) is 0 Å². The molecule has 0 bridgehead atoms. The SMILES string of the molecule is CN(C)CCCCN(C)S(=O)(=O)c1cc2ccccc2o1. The lowest BCUT2D eigenvalue weighted by atomic mass is 10.3. The van der Waals surface area contributed by atoms with E-state index in [1.54, 1.807) is 19.2 Å². The van der Waals surface area contributed by atoms with E-state index in [-0.39, 0.29) is 5.09 Å². The molecular formula is C15H22N2O3S. The smallest absolute Gasteiger partial charge is 0.276 e.